The van der Waals surface area contributed by atoms with E-state index in [-0.39, 0.29) is 0 Å². The summed E-state index contributed by atoms with van der Waals surface area (Å²) >= 11 is 0. The van der Waals surface area contributed by atoms with Gasteiger partial charge in [-0.25, -0.2) is 0 Å². The van der Waals surface area contributed by atoms with Gasteiger partial charge in [0.2, 0.25) is 0 Å². The first-order valence-electron chi connectivity index (χ1n) is 6.79. The minimum atomic E-state index is 0.793. The Balaban J connectivity index is 1.78. The molecule has 15 heavy (non-hydrogen) atoms. The zero-order valence-corrected chi connectivity index (χ0v) is 10.1. The predicted octanol–water partition coefficient (Wildman–Crippen LogP) is 2.24. The SMILES string of the molecule is CCCC1CN(C2CCCCC2CN)C1. The molecule has 2 heteroatoms. The van der Waals surface area contributed by atoms with Crippen LogP contribution in [0.25, 0.3) is 0 Å². The highest BCUT2D eigenvalue weighted by molar-refractivity contribution is 4.90. The van der Waals surface area contributed by atoms with Gasteiger partial charge in [-0.05, 0) is 37.6 Å². The molecular formula is C13H26N2. The van der Waals surface area contributed by atoms with Crippen molar-refractivity contribution in [1.29, 1.82) is 0 Å². The maximum atomic E-state index is 5.88. The molecular weight excluding hydrogens is 184 g/mol. The zero-order chi connectivity index (χ0) is 10.7. The van der Waals surface area contributed by atoms with Crippen LogP contribution in [0.2, 0.25) is 0 Å². The third-order valence-corrected chi connectivity index (χ3v) is 4.32. The summed E-state index contributed by atoms with van der Waals surface area (Å²) in [6.45, 7) is 5.91. The van der Waals surface area contributed by atoms with Crippen LogP contribution in [0.5, 0.6) is 0 Å². The molecule has 0 aromatic carbocycles. The molecule has 2 nitrogen and oxygen atoms in total. The van der Waals surface area contributed by atoms with E-state index in [4.69, 9.17) is 5.73 Å². The predicted molar refractivity (Wildman–Crippen MR) is 64.8 cm³/mol. The minimum absolute atomic E-state index is 0.793. The summed E-state index contributed by atoms with van der Waals surface area (Å²) in [6.07, 6.45) is 8.39. The summed E-state index contributed by atoms with van der Waals surface area (Å²) < 4.78 is 0. The number of likely N-dealkylation sites (tertiary alicyclic amines) is 1. The van der Waals surface area contributed by atoms with E-state index in [2.05, 4.69) is 11.8 Å². The molecule has 0 aromatic heterocycles. The summed E-state index contributed by atoms with van der Waals surface area (Å²) in [5, 5.41) is 0. The fourth-order valence-electron chi connectivity index (χ4n) is 3.42. The van der Waals surface area contributed by atoms with Crippen LogP contribution in [0.15, 0.2) is 0 Å². The summed E-state index contributed by atoms with van der Waals surface area (Å²) in [4.78, 5) is 2.71. The summed E-state index contributed by atoms with van der Waals surface area (Å²) in [6, 6.07) is 0.830. The molecule has 2 N–H and O–H groups in total. The molecule has 0 bridgehead atoms. The molecule has 1 aliphatic heterocycles. The van der Waals surface area contributed by atoms with E-state index in [9.17, 15) is 0 Å². The molecule has 88 valence electrons. The Morgan fingerprint density at radius 2 is 1.93 bits per heavy atom. The highest BCUT2D eigenvalue weighted by Crippen LogP contribution is 2.33. The van der Waals surface area contributed by atoms with Crippen molar-refractivity contribution in [3.63, 3.8) is 0 Å². The number of nitrogens with two attached hydrogens (primary N) is 1. The Kier molecular flexibility index (Phi) is 4.04. The molecule has 1 heterocycles. The second kappa shape index (κ2) is 5.31. The average Bonchev–Trinajstić information content (AvgIpc) is 2.23. The Bertz CT molecular complexity index is 187. The van der Waals surface area contributed by atoms with Crippen molar-refractivity contribution in [3.05, 3.63) is 0 Å². The smallest absolute Gasteiger partial charge is 0.0136 e. The fraction of sp³-hybridized carbons (Fsp3) is 1.00. The van der Waals surface area contributed by atoms with Gasteiger partial charge >= 0.3 is 0 Å². The van der Waals surface area contributed by atoms with Gasteiger partial charge in [0, 0.05) is 19.1 Å². The molecule has 2 rings (SSSR count). The van der Waals surface area contributed by atoms with E-state index in [1.807, 2.05) is 0 Å². The molecule has 0 aromatic rings. The standard InChI is InChI=1S/C13H26N2/c1-2-5-11-9-15(10-11)13-7-4-3-6-12(13)8-14/h11-13H,2-10,14H2,1H3. The van der Waals surface area contributed by atoms with Gasteiger partial charge in [-0.1, -0.05) is 26.2 Å². The number of hydrogen-bond acceptors (Lipinski definition) is 2. The van der Waals surface area contributed by atoms with Crippen LogP contribution in [0.3, 0.4) is 0 Å². The maximum Gasteiger partial charge on any atom is 0.0136 e. The highest BCUT2D eigenvalue weighted by Gasteiger charge is 2.36. The largest absolute Gasteiger partial charge is 0.330 e. The fourth-order valence-corrected chi connectivity index (χ4v) is 3.42. The van der Waals surface area contributed by atoms with Crippen LogP contribution in [-0.2, 0) is 0 Å². The topological polar surface area (TPSA) is 29.3 Å². The molecule has 0 amide bonds. The third kappa shape index (κ3) is 2.54. The summed E-state index contributed by atoms with van der Waals surface area (Å²) in [5.41, 5.74) is 5.88. The van der Waals surface area contributed by atoms with E-state index >= 15 is 0 Å². The van der Waals surface area contributed by atoms with Crippen molar-refractivity contribution < 1.29 is 0 Å². The summed E-state index contributed by atoms with van der Waals surface area (Å²) in [5.74, 6) is 1.79. The van der Waals surface area contributed by atoms with Gasteiger partial charge in [0.25, 0.3) is 0 Å². The molecule has 2 aliphatic rings. The lowest BCUT2D eigenvalue weighted by molar-refractivity contribution is 0.00546. The number of nitrogens with zero attached hydrogens (tertiary/aromatic N) is 1. The normalized spacial score (nSPS) is 34.0. The molecule has 0 radical (unpaired) electrons. The first kappa shape index (κ1) is 11.4. The van der Waals surface area contributed by atoms with E-state index in [0.29, 0.717) is 0 Å². The minimum Gasteiger partial charge on any atom is -0.330 e. The molecule has 2 unspecified atom stereocenters. The molecule has 0 spiro atoms. The second-order valence-corrected chi connectivity index (χ2v) is 5.46. The summed E-state index contributed by atoms with van der Waals surface area (Å²) in [7, 11) is 0. The lowest BCUT2D eigenvalue weighted by Crippen LogP contribution is -2.56. The van der Waals surface area contributed by atoms with Crippen LogP contribution in [0, 0.1) is 11.8 Å². The van der Waals surface area contributed by atoms with E-state index < -0.39 is 0 Å². The third-order valence-electron chi connectivity index (χ3n) is 4.32. The number of rotatable bonds is 4. The van der Waals surface area contributed by atoms with Crippen molar-refractivity contribution in [2.75, 3.05) is 19.6 Å². The number of hydrogen-bond donors (Lipinski definition) is 1. The maximum absolute atomic E-state index is 5.88. The Hall–Kier alpha value is -0.0800. The van der Waals surface area contributed by atoms with Crippen LogP contribution < -0.4 is 5.73 Å². The van der Waals surface area contributed by atoms with Gasteiger partial charge in [-0.3, -0.25) is 4.90 Å². The van der Waals surface area contributed by atoms with Crippen LogP contribution >= 0.6 is 0 Å². The van der Waals surface area contributed by atoms with Crippen molar-refractivity contribution in [2.24, 2.45) is 17.6 Å². The molecule has 1 saturated heterocycles. The van der Waals surface area contributed by atoms with Crippen LogP contribution in [0.4, 0.5) is 0 Å². The Labute approximate surface area is 94.2 Å². The Morgan fingerprint density at radius 3 is 2.60 bits per heavy atom. The quantitative estimate of drug-likeness (QED) is 0.771. The van der Waals surface area contributed by atoms with E-state index in [0.717, 1.165) is 24.4 Å². The molecule has 2 atom stereocenters. The van der Waals surface area contributed by atoms with Crippen molar-refractivity contribution in [3.8, 4) is 0 Å². The monoisotopic (exact) mass is 210 g/mol. The van der Waals surface area contributed by atoms with Crippen molar-refractivity contribution in [2.45, 2.75) is 51.5 Å². The van der Waals surface area contributed by atoms with Crippen molar-refractivity contribution >= 4 is 0 Å². The van der Waals surface area contributed by atoms with Crippen LogP contribution in [-0.4, -0.2) is 30.6 Å². The van der Waals surface area contributed by atoms with E-state index in [1.54, 1.807) is 0 Å². The van der Waals surface area contributed by atoms with Gasteiger partial charge < -0.3 is 5.73 Å². The van der Waals surface area contributed by atoms with Gasteiger partial charge in [-0.2, -0.15) is 0 Å². The molecule has 1 saturated carbocycles. The van der Waals surface area contributed by atoms with Crippen molar-refractivity contribution in [1.82, 2.24) is 4.90 Å². The van der Waals surface area contributed by atoms with Gasteiger partial charge in [0.15, 0.2) is 0 Å². The van der Waals surface area contributed by atoms with E-state index in [1.165, 1.54) is 51.6 Å². The zero-order valence-electron chi connectivity index (χ0n) is 10.1. The molecule has 2 fully saturated rings. The second-order valence-electron chi connectivity index (χ2n) is 5.46. The van der Waals surface area contributed by atoms with Crippen LogP contribution in [0.1, 0.15) is 45.4 Å². The first-order valence-corrected chi connectivity index (χ1v) is 6.79. The lowest BCUT2D eigenvalue weighted by Gasteiger charge is -2.48. The average molecular weight is 210 g/mol. The van der Waals surface area contributed by atoms with Gasteiger partial charge in [0.1, 0.15) is 0 Å². The van der Waals surface area contributed by atoms with Gasteiger partial charge in [-0.15, -0.1) is 0 Å². The highest BCUT2D eigenvalue weighted by atomic mass is 15.2. The van der Waals surface area contributed by atoms with Gasteiger partial charge in [0.05, 0.1) is 0 Å². The molecule has 1 aliphatic carbocycles. The Morgan fingerprint density at radius 1 is 1.20 bits per heavy atom. The lowest BCUT2D eigenvalue weighted by atomic mass is 9.80. The first-order chi connectivity index (χ1) is 7.35.